The fourth-order valence-corrected chi connectivity index (χ4v) is 2.55. The highest BCUT2D eigenvalue weighted by Gasteiger charge is 2.09. The lowest BCUT2D eigenvalue weighted by Crippen LogP contribution is -2.20. The summed E-state index contributed by atoms with van der Waals surface area (Å²) >= 11 is 7.45. The van der Waals surface area contributed by atoms with Crippen LogP contribution in [0.5, 0.6) is 5.75 Å². The number of aryl methyl sites for hydroxylation is 3. The summed E-state index contributed by atoms with van der Waals surface area (Å²) in [7, 11) is 0. The number of carbonyl (C=O) groups excluding carboxylic acids is 1. The zero-order valence-corrected chi connectivity index (χ0v) is 13.6. The summed E-state index contributed by atoms with van der Waals surface area (Å²) in [5, 5.41) is 12.6. The van der Waals surface area contributed by atoms with Gasteiger partial charge in [-0.2, -0.15) is 0 Å². The number of ether oxygens (including phenoxy) is 1. The van der Waals surface area contributed by atoms with Gasteiger partial charge in [-0.25, -0.2) is 0 Å². The van der Waals surface area contributed by atoms with Crippen molar-refractivity contribution in [1.29, 1.82) is 0 Å². The van der Waals surface area contributed by atoms with E-state index in [0.717, 1.165) is 22.6 Å². The maximum Gasteiger partial charge on any atom is 0.264 e. The second kappa shape index (κ2) is 6.87. The monoisotopic (exact) mass is 325 g/mol. The number of rotatable bonds is 5. The molecule has 2 rings (SSSR count). The molecule has 1 aromatic heterocycles. The highest BCUT2D eigenvalue weighted by Crippen LogP contribution is 2.25. The van der Waals surface area contributed by atoms with E-state index >= 15 is 0 Å². The second-order valence-corrected chi connectivity index (χ2v) is 6.00. The molecule has 0 fully saturated rings. The molecule has 5 nitrogen and oxygen atoms in total. The van der Waals surface area contributed by atoms with Crippen molar-refractivity contribution in [2.24, 2.45) is 0 Å². The molecule has 1 amide bonds. The van der Waals surface area contributed by atoms with Crippen LogP contribution in [-0.4, -0.2) is 22.7 Å². The fraction of sp³-hybridized carbons (Fsp3) is 0.357. The molecule has 1 N–H and O–H groups in total. The summed E-state index contributed by atoms with van der Waals surface area (Å²) in [4.78, 5) is 11.8. The Hall–Kier alpha value is -1.66. The molecule has 0 radical (unpaired) electrons. The topological polar surface area (TPSA) is 64.1 Å². The van der Waals surface area contributed by atoms with Crippen LogP contribution in [0, 0.1) is 13.8 Å². The Balaban J connectivity index is 1.92. The van der Waals surface area contributed by atoms with Crippen LogP contribution < -0.4 is 10.1 Å². The number of nitrogens with one attached hydrogen (secondary N) is 1. The molecule has 0 aliphatic rings. The van der Waals surface area contributed by atoms with Crippen LogP contribution in [0.15, 0.2) is 12.1 Å². The summed E-state index contributed by atoms with van der Waals surface area (Å²) < 4.78 is 5.48. The van der Waals surface area contributed by atoms with Crippen molar-refractivity contribution < 1.29 is 9.53 Å². The summed E-state index contributed by atoms with van der Waals surface area (Å²) in [6.45, 7) is 5.70. The summed E-state index contributed by atoms with van der Waals surface area (Å²) in [5.41, 5.74) is 1.84. The van der Waals surface area contributed by atoms with Crippen molar-refractivity contribution in [2.75, 3.05) is 11.9 Å². The fourth-order valence-electron chi connectivity index (χ4n) is 1.74. The number of hydrogen-bond donors (Lipinski definition) is 1. The number of carbonyl (C=O) groups is 1. The molecule has 0 aliphatic carbocycles. The van der Waals surface area contributed by atoms with Gasteiger partial charge < -0.3 is 4.74 Å². The third-order valence-electron chi connectivity index (χ3n) is 2.80. The standard InChI is InChI=1S/C14H16ClN3O2S/c1-4-12-17-18-14(21-12)16-11(19)7-20-10-5-8(2)13(15)9(3)6-10/h5-6H,4,7H2,1-3H3,(H,16,18,19). The number of aromatic nitrogens is 2. The highest BCUT2D eigenvalue weighted by atomic mass is 35.5. The van der Waals surface area contributed by atoms with Crippen LogP contribution in [0.1, 0.15) is 23.1 Å². The molecule has 0 bridgehead atoms. The predicted molar refractivity (Wildman–Crippen MR) is 84.3 cm³/mol. The Kier molecular flexibility index (Phi) is 5.14. The molecule has 0 saturated carbocycles. The largest absolute Gasteiger partial charge is 0.484 e. The first-order chi connectivity index (χ1) is 9.99. The molecule has 2 aromatic rings. The normalized spacial score (nSPS) is 10.5. The van der Waals surface area contributed by atoms with Crippen molar-refractivity contribution in [1.82, 2.24) is 10.2 Å². The van der Waals surface area contributed by atoms with Gasteiger partial charge in [-0.05, 0) is 43.5 Å². The third kappa shape index (κ3) is 4.15. The van der Waals surface area contributed by atoms with Gasteiger partial charge >= 0.3 is 0 Å². The maximum atomic E-state index is 11.8. The Bertz CT molecular complexity index is 634. The quantitative estimate of drug-likeness (QED) is 0.915. The average Bonchev–Trinajstić information content (AvgIpc) is 2.90. The van der Waals surface area contributed by atoms with Crippen LogP contribution in [0.25, 0.3) is 0 Å². The van der Waals surface area contributed by atoms with Gasteiger partial charge in [-0.1, -0.05) is 29.9 Å². The van der Waals surface area contributed by atoms with E-state index in [2.05, 4.69) is 15.5 Å². The molecule has 1 aromatic carbocycles. The van der Waals surface area contributed by atoms with Crippen LogP contribution in [0.2, 0.25) is 5.02 Å². The molecule has 0 atom stereocenters. The lowest BCUT2D eigenvalue weighted by atomic mass is 10.1. The van der Waals surface area contributed by atoms with Gasteiger partial charge in [0.25, 0.3) is 5.91 Å². The number of anilines is 1. The number of amides is 1. The summed E-state index contributed by atoms with van der Waals surface area (Å²) in [6.07, 6.45) is 0.799. The van der Waals surface area contributed by atoms with Gasteiger partial charge in [0, 0.05) is 5.02 Å². The van der Waals surface area contributed by atoms with Crippen molar-refractivity contribution >= 4 is 34.0 Å². The third-order valence-corrected chi connectivity index (χ3v) is 4.37. The van der Waals surface area contributed by atoms with E-state index in [1.165, 1.54) is 11.3 Å². The number of hydrogen-bond acceptors (Lipinski definition) is 5. The first kappa shape index (κ1) is 15.7. The van der Waals surface area contributed by atoms with Crippen molar-refractivity contribution in [3.63, 3.8) is 0 Å². The molecular formula is C14H16ClN3O2S. The molecule has 1 heterocycles. The summed E-state index contributed by atoms with van der Waals surface area (Å²) in [6, 6.07) is 3.62. The van der Waals surface area contributed by atoms with Crippen molar-refractivity contribution in [2.45, 2.75) is 27.2 Å². The number of halogens is 1. The minimum atomic E-state index is -0.265. The van der Waals surface area contributed by atoms with Crippen molar-refractivity contribution in [3.8, 4) is 5.75 Å². The van der Waals surface area contributed by atoms with Gasteiger partial charge in [0.05, 0.1) is 0 Å². The van der Waals surface area contributed by atoms with Gasteiger partial charge in [0.1, 0.15) is 10.8 Å². The first-order valence-corrected chi connectivity index (χ1v) is 7.70. The molecule has 0 spiro atoms. The van der Waals surface area contributed by atoms with Crippen LogP contribution in [0.4, 0.5) is 5.13 Å². The Morgan fingerprint density at radius 2 is 2.00 bits per heavy atom. The van der Waals surface area contributed by atoms with Gasteiger partial charge in [-0.15, -0.1) is 10.2 Å². The molecule has 112 valence electrons. The van der Waals surface area contributed by atoms with Gasteiger partial charge in [0.15, 0.2) is 6.61 Å². The Morgan fingerprint density at radius 1 is 1.33 bits per heavy atom. The Labute approximate surface area is 132 Å². The SMILES string of the molecule is CCc1nnc(NC(=O)COc2cc(C)c(Cl)c(C)c2)s1. The molecule has 0 unspecified atom stereocenters. The van der Waals surface area contributed by atoms with E-state index in [1.807, 2.05) is 32.9 Å². The molecule has 7 heteroatoms. The second-order valence-electron chi connectivity index (χ2n) is 4.56. The molecule has 21 heavy (non-hydrogen) atoms. The minimum Gasteiger partial charge on any atom is -0.484 e. The van der Waals surface area contributed by atoms with Gasteiger partial charge in [-0.3, -0.25) is 10.1 Å². The van der Waals surface area contributed by atoms with Crippen molar-refractivity contribution in [3.05, 3.63) is 33.3 Å². The van der Waals surface area contributed by atoms with E-state index in [-0.39, 0.29) is 12.5 Å². The Morgan fingerprint density at radius 3 is 2.57 bits per heavy atom. The zero-order chi connectivity index (χ0) is 15.4. The van der Waals surface area contributed by atoms with Gasteiger partial charge in [0.2, 0.25) is 5.13 Å². The average molecular weight is 326 g/mol. The molecular weight excluding hydrogens is 310 g/mol. The minimum absolute atomic E-state index is 0.0818. The summed E-state index contributed by atoms with van der Waals surface area (Å²) in [5.74, 6) is 0.357. The van der Waals surface area contributed by atoms with Crippen LogP contribution in [0.3, 0.4) is 0 Å². The number of benzene rings is 1. The lowest BCUT2D eigenvalue weighted by Gasteiger charge is -2.09. The van der Waals surface area contributed by atoms with E-state index in [0.29, 0.717) is 15.9 Å². The predicted octanol–water partition coefficient (Wildman–Crippen LogP) is 3.39. The highest BCUT2D eigenvalue weighted by molar-refractivity contribution is 7.15. The van der Waals surface area contributed by atoms with E-state index in [9.17, 15) is 4.79 Å². The van der Waals surface area contributed by atoms with Crippen LogP contribution >= 0.6 is 22.9 Å². The molecule has 0 saturated heterocycles. The molecule has 0 aliphatic heterocycles. The first-order valence-electron chi connectivity index (χ1n) is 6.51. The van der Waals surface area contributed by atoms with E-state index < -0.39 is 0 Å². The van der Waals surface area contributed by atoms with E-state index in [4.69, 9.17) is 16.3 Å². The zero-order valence-electron chi connectivity index (χ0n) is 12.1. The van der Waals surface area contributed by atoms with Crippen LogP contribution in [-0.2, 0) is 11.2 Å². The number of nitrogens with zero attached hydrogens (tertiary/aromatic N) is 2. The van der Waals surface area contributed by atoms with E-state index in [1.54, 1.807) is 0 Å². The smallest absolute Gasteiger partial charge is 0.264 e. The maximum absolute atomic E-state index is 11.8. The lowest BCUT2D eigenvalue weighted by molar-refractivity contribution is -0.118.